The molecule has 4 fully saturated rings. The monoisotopic (exact) mass is 681 g/mol. The molecule has 0 radical (unpaired) electrons. The summed E-state index contributed by atoms with van der Waals surface area (Å²) in [7, 11) is -25.6. The van der Waals surface area contributed by atoms with Crippen molar-refractivity contribution in [3.63, 3.8) is 0 Å². The van der Waals surface area contributed by atoms with E-state index in [-0.39, 0.29) is 59.1 Å². The van der Waals surface area contributed by atoms with Crippen LogP contribution < -0.4 is 0 Å². The summed E-state index contributed by atoms with van der Waals surface area (Å²) >= 11 is 0. The largest absolute Gasteiger partial charge is 0.367 e. The highest BCUT2D eigenvalue weighted by Gasteiger charge is 2.69. The topological polar surface area (TPSA) is 228 Å². The molecule has 4 aliphatic heterocycles. The van der Waals surface area contributed by atoms with Crippen molar-refractivity contribution in [2.75, 3.05) is 59.1 Å². The summed E-state index contributed by atoms with van der Waals surface area (Å²) in [6.07, 6.45) is 0. The molecule has 9 atom stereocenters. The van der Waals surface area contributed by atoms with E-state index in [9.17, 15) is 42.1 Å². The van der Waals surface area contributed by atoms with Crippen molar-refractivity contribution in [1.29, 1.82) is 0 Å². The lowest BCUT2D eigenvalue weighted by molar-refractivity contribution is 0.140. The molecule has 0 saturated carbocycles. The summed E-state index contributed by atoms with van der Waals surface area (Å²) in [6, 6.07) is 0. The Labute approximate surface area is 225 Å². The Morgan fingerprint density at radius 1 is 0.538 bits per heavy atom. The van der Waals surface area contributed by atoms with Gasteiger partial charge >= 0.3 is 45.6 Å². The van der Waals surface area contributed by atoms with Gasteiger partial charge in [0.25, 0.3) is 0 Å². The Bertz CT molecular complexity index is 1090. The molecule has 24 heteroatoms. The second-order valence-electron chi connectivity index (χ2n) is 8.96. The molecular formula is C15H33N3O15P6. The van der Waals surface area contributed by atoms with Crippen molar-refractivity contribution in [3.8, 4) is 0 Å². The van der Waals surface area contributed by atoms with E-state index < -0.39 is 62.1 Å². The Kier molecular flexibility index (Phi) is 9.62. The molecule has 39 heavy (non-hydrogen) atoms. The fraction of sp³-hybridized carbons (Fsp3) is 1.00. The Balaban J connectivity index is 1.70. The summed E-state index contributed by atoms with van der Waals surface area (Å²) in [5.74, 6) is 0. The molecule has 3 N–H and O–H groups in total. The Morgan fingerprint density at radius 3 is 0.897 bits per heavy atom. The predicted octanol–water partition coefficient (Wildman–Crippen LogP) is 3.09. The first-order valence-corrected chi connectivity index (χ1v) is 21.8. The summed E-state index contributed by atoms with van der Waals surface area (Å²) < 4.78 is 107. The van der Waals surface area contributed by atoms with E-state index in [1.165, 1.54) is 35.5 Å². The van der Waals surface area contributed by atoms with Crippen LogP contribution in [0.4, 0.5) is 0 Å². The summed E-state index contributed by atoms with van der Waals surface area (Å²) in [5, 5.41) is 0. The van der Waals surface area contributed by atoms with Crippen LogP contribution in [0.2, 0.25) is 0 Å². The third-order valence-electron chi connectivity index (χ3n) is 6.35. The Morgan fingerprint density at radius 2 is 0.744 bits per heavy atom. The average molecular weight is 681 g/mol. The summed E-state index contributed by atoms with van der Waals surface area (Å²) in [4.78, 5) is 34.9. The zero-order valence-electron chi connectivity index (χ0n) is 21.4. The number of nitrogens with zero attached hydrogens (tertiary/aromatic N) is 3. The van der Waals surface area contributed by atoms with Crippen molar-refractivity contribution >= 4 is 45.6 Å². The second kappa shape index (κ2) is 11.4. The van der Waals surface area contributed by atoms with Crippen molar-refractivity contribution in [2.45, 2.75) is 37.3 Å². The summed E-state index contributed by atoms with van der Waals surface area (Å²) in [6.45, 7) is 3.42. The fourth-order valence-electron chi connectivity index (χ4n) is 4.98. The molecule has 4 aliphatic rings. The van der Waals surface area contributed by atoms with Gasteiger partial charge in [0, 0.05) is 39.3 Å². The van der Waals surface area contributed by atoms with Crippen molar-refractivity contribution in [1.82, 2.24) is 14.7 Å². The van der Waals surface area contributed by atoms with Crippen LogP contribution in [0.1, 0.15) is 20.8 Å². The van der Waals surface area contributed by atoms with Gasteiger partial charge in [0.15, 0.2) is 0 Å². The van der Waals surface area contributed by atoms with Gasteiger partial charge in [0.1, 0.15) is 0 Å². The summed E-state index contributed by atoms with van der Waals surface area (Å²) in [5.41, 5.74) is -4.79. The van der Waals surface area contributed by atoms with Crippen molar-refractivity contribution in [3.05, 3.63) is 0 Å². The zero-order chi connectivity index (χ0) is 29.1. The van der Waals surface area contributed by atoms with Crippen LogP contribution >= 0.6 is 45.6 Å². The van der Waals surface area contributed by atoms with E-state index >= 15 is 0 Å². The third-order valence-corrected chi connectivity index (χ3v) is 24.3. The standard InChI is InChI=1S/C15H33N3O15P6/c1-4-28-37(25)13(34(19,20)31-37)16-7-9-17(14-35(21,22)32-38(14,26)29-5-2)11-12-18(10-8-16)15-36(23,24)33-39(15,27)30-6-3/h13-15H,4-12H2,1-3H3,(H,19,20)(H,21,22)(H,23,24). The molecule has 4 heterocycles. The van der Waals surface area contributed by atoms with Crippen molar-refractivity contribution < 1.29 is 68.6 Å². The number of hydrogen-bond donors (Lipinski definition) is 3. The number of hydrogen-bond acceptors (Lipinski definition) is 15. The molecule has 0 aliphatic carbocycles. The molecule has 0 spiro atoms. The first kappa shape index (κ1) is 32.8. The quantitative estimate of drug-likeness (QED) is 0.297. The van der Waals surface area contributed by atoms with E-state index in [1.807, 2.05) is 0 Å². The minimum atomic E-state index is -4.46. The van der Waals surface area contributed by atoms with Gasteiger partial charge in [-0.25, -0.2) is 12.9 Å². The second-order valence-corrected chi connectivity index (χ2v) is 22.5. The van der Waals surface area contributed by atoms with Crippen LogP contribution in [0.3, 0.4) is 0 Å². The first-order valence-electron chi connectivity index (χ1n) is 12.0. The van der Waals surface area contributed by atoms with Crippen LogP contribution in [-0.4, -0.2) is 105 Å². The van der Waals surface area contributed by atoms with Gasteiger partial charge in [0.2, 0.25) is 16.6 Å². The van der Waals surface area contributed by atoms with E-state index in [2.05, 4.69) is 0 Å². The van der Waals surface area contributed by atoms with Gasteiger partial charge in [-0.3, -0.25) is 42.1 Å². The molecular weight excluding hydrogens is 648 g/mol. The molecule has 4 saturated heterocycles. The fourth-order valence-corrected chi connectivity index (χ4v) is 20.7. The highest BCUT2D eigenvalue weighted by Crippen LogP contribution is 2.87. The Hall–Kier alpha value is 0.900. The molecule has 0 aromatic carbocycles. The molecule has 228 valence electrons. The smallest absolute Gasteiger partial charge is 0.322 e. The third kappa shape index (κ3) is 6.01. The maximum atomic E-state index is 13.2. The van der Waals surface area contributed by atoms with Crippen LogP contribution in [-0.2, 0) is 53.9 Å². The normalized spacial score (nSPS) is 50.2. The SMILES string of the molecule is CCOP1(=O)OP(=O)(O)C1N1CCN(C2P(=O)(O)OP2(=O)OCC)CCN(C2P(=O)(O)OP2(=O)OCC)CC1. The van der Waals surface area contributed by atoms with Crippen LogP contribution in [0.25, 0.3) is 0 Å². The van der Waals surface area contributed by atoms with Crippen LogP contribution in [0.5, 0.6) is 0 Å². The minimum absolute atomic E-state index is 0.0881. The average Bonchev–Trinajstić information content (AvgIpc) is 2.84. The molecule has 4 rings (SSSR count). The van der Waals surface area contributed by atoms with Gasteiger partial charge in [-0.1, -0.05) is 0 Å². The molecule has 9 unspecified atom stereocenters. The van der Waals surface area contributed by atoms with Gasteiger partial charge < -0.3 is 28.3 Å². The maximum Gasteiger partial charge on any atom is 0.367 e. The first-order chi connectivity index (χ1) is 18.0. The molecule has 0 amide bonds. The van der Waals surface area contributed by atoms with Crippen LogP contribution in [0.15, 0.2) is 0 Å². The van der Waals surface area contributed by atoms with E-state index in [1.54, 1.807) is 0 Å². The lowest BCUT2D eigenvalue weighted by Gasteiger charge is -2.46. The van der Waals surface area contributed by atoms with Crippen molar-refractivity contribution in [2.24, 2.45) is 0 Å². The van der Waals surface area contributed by atoms with E-state index in [0.29, 0.717) is 0 Å². The van der Waals surface area contributed by atoms with Gasteiger partial charge in [-0.05, 0) is 20.8 Å². The van der Waals surface area contributed by atoms with Gasteiger partial charge in [0.05, 0.1) is 19.8 Å². The predicted molar refractivity (Wildman–Crippen MR) is 137 cm³/mol. The van der Waals surface area contributed by atoms with Crippen LogP contribution in [0, 0.1) is 0 Å². The zero-order valence-corrected chi connectivity index (χ0v) is 26.7. The van der Waals surface area contributed by atoms with E-state index in [4.69, 9.17) is 26.5 Å². The highest BCUT2D eigenvalue weighted by atomic mass is 31.3. The lowest BCUT2D eigenvalue weighted by atomic mass is 10.5. The minimum Gasteiger partial charge on any atom is -0.322 e. The maximum absolute atomic E-state index is 13.2. The van der Waals surface area contributed by atoms with Gasteiger partial charge in [-0.15, -0.1) is 0 Å². The molecule has 0 aromatic heterocycles. The van der Waals surface area contributed by atoms with E-state index in [0.717, 1.165) is 0 Å². The highest BCUT2D eigenvalue weighted by molar-refractivity contribution is 7.85. The molecule has 18 nitrogen and oxygen atoms in total. The lowest BCUT2D eigenvalue weighted by Crippen LogP contribution is -2.49. The molecule has 0 aromatic rings. The van der Waals surface area contributed by atoms with Gasteiger partial charge in [-0.2, -0.15) is 0 Å². The molecule has 0 bridgehead atoms. The number of rotatable bonds is 9.